The summed E-state index contributed by atoms with van der Waals surface area (Å²) in [7, 11) is 0. The lowest BCUT2D eigenvalue weighted by molar-refractivity contribution is 0.102. The molecular formula is C14H13BrClN3O. The number of halogens is 2. The van der Waals surface area contributed by atoms with E-state index in [1.807, 2.05) is 13.0 Å². The molecule has 0 saturated heterocycles. The zero-order valence-electron chi connectivity index (χ0n) is 10.8. The summed E-state index contributed by atoms with van der Waals surface area (Å²) >= 11 is 9.27. The Hall–Kier alpha value is -1.59. The van der Waals surface area contributed by atoms with Crippen molar-refractivity contribution < 1.29 is 4.79 Å². The topological polar surface area (TPSA) is 54.0 Å². The quantitative estimate of drug-likeness (QED) is 0.866. The van der Waals surface area contributed by atoms with Crippen molar-refractivity contribution in [3.05, 3.63) is 51.7 Å². The van der Waals surface area contributed by atoms with Gasteiger partial charge in [0.15, 0.2) is 0 Å². The van der Waals surface area contributed by atoms with Crippen LogP contribution in [0.5, 0.6) is 0 Å². The van der Waals surface area contributed by atoms with E-state index in [2.05, 4.69) is 31.5 Å². The van der Waals surface area contributed by atoms with E-state index in [4.69, 9.17) is 11.6 Å². The van der Waals surface area contributed by atoms with Crippen molar-refractivity contribution in [3.63, 3.8) is 0 Å². The van der Waals surface area contributed by atoms with Gasteiger partial charge in [-0.05, 0) is 53.2 Å². The molecule has 2 N–H and O–H groups in total. The number of carbonyl (C=O) groups is 1. The minimum Gasteiger partial charge on any atom is -0.384 e. The second kappa shape index (κ2) is 6.72. The number of pyridine rings is 1. The van der Waals surface area contributed by atoms with Gasteiger partial charge in [-0.2, -0.15) is 0 Å². The average Bonchev–Trinajstić information content (AvgIpc) is 2.44. The Morgan fingerprint density at radius 2 is 2.15 bits per heavy atom. The van der Waals surface area contributed by atoms with Crippen molar-refractivity contribution in [3.8, 4) is 0 Å². The molecule has 0 fully saturated rings. The summed E-state index contributed by atoms with van der Waals surface area (Å²) in [4.78, 5) is 16.2. The maximum absolute atomic E-state index is 12.1. The Kier molecular flexibility index (Phi) is 4.98. The fraction of sp³-hybridized carbons (Fsp3) is 0.143. The Morgan fingerprint density at radius 3 is 2.80 bits per heavy atom. The number of carbonyl (C=O) groups excluding carboxylic acids is 1. The molecule has 1 heterocycles. The molecule has 0 spiro atoms. The maximum atomic E-state index is 12.1. The molecule has 1 aromatic heterocycles. The first-order chi connectivity index (χ1) is 9.60. The number of hydrogen-bond acceptors (Lipinski definition) is 3. The molecule has 0 saturated carbocycles. The molecular weight excluding hydrogens is 342 g/mol. The molecule has 1 amide bonds. The van der Waals surface area contributed by atoms with Crippen LogP contribution in [0.3, 0.4) is 0 Å². The van der Waals surface area contributed by atoms with Crippen LogP contribution in [0.4, 0.5) is 11.4 Å². The largest absolute Gasteiger partial charge is 0.384 e. The molecule has 20 heavy (non-hydrogen) atoms. The zero-order valence-corrected chi connectivity index (χ0v) is 13.1. The number of nitrogens with zero attached hydrogens (tertiary/aromatic N) is 1. The lowest BCUT2D eigenvalue weighted by atomic mass is 10.3. The first-order valence-electron chi connectivity index (χ1n) is 6.06. The van der Waals surface area contributed by atoms with Crippen LogP contribution in [-0.2, 0) is 0 Å². The van der Waals surface area contributed by atoms with E-state index < -0.39 is 0 Å². The van der Waals surface area contributed by atoms with Gasteiger partial charge < -0.3 is 10.6 Å². The van der Waals surface area contributed by atoms with Gasteiger partial charge in [0.1, 0.15) is 5.69 Å². The first-order valence-corrected chi connectivity index (χ1v) is 7.23. The van der Waals surface area contributed by atoms with E-state index in [0.29, 0.717) is 16.4 Å². The molecule has 0 unspecified atom stereocenters. The molecule has 0 aliphatic heterocycles. The molecule has 0 aliphatic rings. The number of nitrogens with one attached hydrogen (secondary N) is 2. The highest BCUT2D eigenvalue weighted by molar-refractivity contribution is 9.10. The number of hydrogen-bond donors (Lipinski definition) is 2. The van der Waals surface area contributed by atoms with Crippen LogP contribution in [0, 0.1) is 0 Å². The summed E-state index contributed by atoms with van der Waals surface area (Å²) < 4.78 is 0.763. The van der Waals surface area contributed by atoms with Gasteiger partial charge in [-0.3, -0.25) is 4.79 Å². The van der Waals surface area contributed by atoms with Gasteiger partial charge in [0, 0.05) is 16.0 Å². The van der Waals surface area contributed by atoms with Gasteiger partial charge in [0.05, 0.1) is 17.6 Å². The van der Waals surface area contributed by atoms with E-state index in [1.54, 1.807) is 30.5 Å². The van der Waals surface area contributed by atoms with Gasteiger partial charge in [-0.25, -0.2) is 4.98 Å². The molecule has 2 rings (SSSR count). The predicted molar refractivity (Wildman–Crippen MR) is 85.5 cm³/mol. The molecule has 0 atom stereocenters. The van der Waals surface area contributed by atoms with Crippen molar-refractivity contribution in [1.29, 1.82) is 0 Å². The van der Waals surface area contributed by atoms with Crippen molar-refractivity contribution >= 4 is 44.8 Å². The standard InChI is InChI=1S/C14H13BrClN3O/c1-2-17-10-4-6-12(18-8-10)14(20)19-13-7-9(16)3-5-11(13)15/h3-8,17H,2H2,1H3,(H,19,20). The second-order valence-electron chi connectivity index (χ2n) is 4.04. The SMILES string of the molecule is CCNc1ccc(C(=O)Nc2cc(Cl)ccc2Br)nc1. The summed E-state index contributed by atoms with van der Waals surface area (Å²) in [6.45, 7) is 2.81. The number of benzene rings is 1. The van der Waals surface area contributed by atoms with Crippen LogP contribution < -0.4 is 10.6 Å². The number of aromatic nitrogens is 1. The van der Waals surface area contributed by atoms with Gasteiger partial charge in [0.25, 0.3) is 5.91 Å². The third kappa shape index (κ3) is 3.71. The van der Waals surface area contributed by atoms with Crippen LogP contribution >= 0.6 is 27.5 Å². The second-order valence-corrected chi connectivity index (χ2v) is 5.33. The van der Waals surface area contributed by atoms with Crippen LogP contribution in [0.1, 0.15) is 17.4 Å². The van der Waals surface area contributed by atoms with Gasteiger partial charge in [-0.15, -0.1) is 0 Å². The molecule has 0 radical (unpaired) electrons. The van der Waals surface area contributed by atoms with E-state index in [1.165, 1.54) is 0 Å². The number of amides is 1. The number of rotatable bonds is 4. The van der Waals surface area contributed by atoms with E-state index in [-0.39, 0.29) is 5.91 Å². The third-order valence-electron chi connectivity index (χ3n) is 2.55. The molecule has 104 valence electrons. The van der Waals surface area contributed by atoms with Gasteiger partial charge in [-0.1, -0.05) is 11.6 Å². The lowest BCUT2D eigenvalue weighted by Crippen LogP contribution is -2.14. The van der Waals surface area contributed by atoms with E-state index in [0.717, 1.165) is 16.7 Å². The van der Waals surface area contributed by atoms with Crippen molar-refractivity contribution in [2.45, 2.75) is 6.92 Å². The predicted octanol–water partition coefficient (Wildman–Crippen LogP) is 4.18. The van der Waals surface area contributed by atoms with Crippen LogP contribution in [0.25, 0.3) is 0 Å². The highest BCUT2D eigenvalue weighted by atomic mass is 79.9. The van der Waals surface area contributed by atoms with Crippen LogP contribution in [0.15, 0.2) is 41.0 Å². The third-order valence-corrected chi connectivity index (χ3v) is 3.48. The lowest BCUT2D eigenvalue weighted by Gasteiger charge is -2.08. The van der Waals surface area contributed by atoms with Crippen molar-refractivity contribution in [2.24, 2.45) is 0 Å². The highest BCUT2D eigenvalue weighted by Gasteiger charge is 2.10. The normalized spacial score (nSPS) is 10.2. The zero-order chi connectivity index (χ0) is 14.5. The molecule has 4 nitrogen and oxygen atoms in total. The number of anilines is 2. The Morgan fingerprint density at radius 1 is 1.35 bits per heavy atom. The Labute approximate surface area is 130 Å². The molecule has 0 aliphatic carbocycles. The Bertz CT molecular complexity index is 616. The van der Waals surface area contributed by atoms with Gasteiger partial charge in [0.2, 0.25) is 0 Å². The summed E-state index contributed by atoms with van der Waals surface area (Å²) in [6, 6.07) is 8.69. The summed E-state index contributed by atoms with van der Waals surface area (Å²) in [6.07, 6.45) is 1.63. The first kappa shape index (κ1) is 14.8. The fourth-order valence-corrected chi connectivity index (χ4v) is 2.13. The molecule has 1 aromatic carbocycles. The summed E-state index contributed by atoms with van der Waals surface area (Å²) in [5.41, 5.74) is 1.84. The molecule has 6 heteroatoms. The minimum absolute atomic E-state index is 0.281. The molecule has 0 bridgehead atoms. The van der Waals surface area contributed by atoms with Crippen molar-refractivity contribution in [1.82, 2.24) is 4.98 Å². The van der Waals surface area contributed by atoms with E-state index in [9.17, 15) is 4.79 Å². The van der Waals surface area contributed by atoms with E-state index >= 15 is 0 Å². The fourth-order valence-electron chi connectivity index (χ4n) is 1.62. The maximum Gasteiger partial charge on any atom is 0.274 e. The van der Waals surface area contributed by atoms with Gasteiger partial charge >= 0.3 is 0 Å². The average molecular weight is 355 g/mol. The minimum atomic E-state index is -0.281. The molecule has 2 aromatic rings. The summed E-state index contributed by atoms with van der Waals surface area (Å²) in [5, 5.41) is 6.44. The van der Waals surface area contributed by atoms with Crippen LogP contribution in [0.2, 0.25) is 5.02 Å². The van der Waals surface area contributed by atoms with Crippen LogP contribution in [-0.4, -0.2) is 17.4 Å². The van der Waals surface area contributed by atoms with Crippen molar-refractivity contribution in [2.75, 3.05) is 17.2 Å². The summed E-state index contributed by atoms with van der Waals surface area (Å²) in [5.74, 6) is -0.281. The Balaban J connectivity index is 2.13. The smallest absolute Gasteiger partial charge is 0.274 e. The monoisotopic (exact) mass is 353 g/mol. The highest BCUT2D eigenvalue weighted by Crippen LogP contribution is 2.26.